The number of amides is 2. The maximum Gasteiger partial charge on any atom is 0.406 e. The van der Waals surface area contributed by atoms with Gasteiger partial charge >= 0.3 is 6.09 Å². The van der Waals surface area contributed by atoms with Crippen LogP contribution in [0.4, 0.5) is 4.79 Å². The highest BCUT2D eigenvalue weighted by Crippen LogP contribution is 2.58. The molecular formula is C19H25ClN2O3. The molecule has 0 spiro atoms. The van der Waals surface area contributed by atoms with E-state index in [-0.39, 0.29) is 11.8 Å². The number of methoxy groups -OCH3 is 1. The lowest BCUT2D eigenvalue weighted by molar-refractivity contribution is -0.135. The molecule has 2 amide bonds. The van der Waals surface area contributed by atoms with Crippen LogP contribution in [0, 0.1) is 24.7 Å². The van der Waals surface area contributed by atoms with Crippen molar-refractivity contribution in [2.45, 2.75) is 26.2 Å². The minimum atomic E-state index is -0.494. The van der Waals surface area contributed by atoms with Crippen molar-refractivity contribution in [3.8, 4) is 0 Å². The second kappa shape index (κ2) is 7.24. The number of aryl methyl sites for hydroxylation is 1. The number of nitrogens with zero attached hydrogens (tertiary/aromatic N) is 1. The molecule has 1 saturated carbocycles. The van der Waals surface area contributed by atoms with E-state index in [0.29, 0.717) is 30.7 Å². The standard InChI is InChI=1S/C19H25ClN2O3/c1-4-12(8-21-19(24)25-3)18(23)22-9-14-15(10-22)17(14)13-6-5-11(2)16(20)7-13/h5-7,12,14-15,17H,4,8-10H2,1-3H3,(H,21,24). The zero-order chi connectivity index (χ0) is 18.1. The van der Waals surface area contributed by atoms with Crippen LogP contribution in [-0.4, -0.2) is 43.6 Å². The molecular weight excluding hydrogens is 340 g/mol. The Kier molecular flexibility index (Phi) is 5.23. The van der Waals surface area contributed by atoms with E-state index < -0.39 is 6.09 Å². The molecule has 1 heterocycles. The van der Waals surface area contributed by atoms with Crippen LogP contribution in [0.3, 0.4) is 0 Å². The lowest BCUT2D eigenvalue weighted by Gasteiger charge is -2.25. The highest BCUT2D eigenvalue weighted by Gasteiger charge is 2.57. The van der Waals surface area contributed by atoms with Crippen LogP contribution in [0.15, 0.2) is 18.2 Å². The summed E-state index contributed by atoms with van der Waals surface area (Å²) in [5.41, 5.74) is 2.38. The monoisotopic (exact) mass is 364 g/mol. The van der Waals surface area contributed by atoms with Crippen LogP contribution >= 0.6 is 11.6 Å². The number of ether oxygens (including phenoxy) is 1. The Morgan fingerprint density at radius 1 is 1.36 bits per heavy atom. The van der Waals surface area contributed by atoms with E-state index in [1.54, 1.807) is 0 Å². The lowest BCUT2D eigenvalue weighted by Crippen LogP contribution is -2.41. The summed E-state index contributed by atoms with van der Waals surface area (Å²) in [6.07, 6.45) is 0.206. The minimum Gasteiger partial charge on any atom is -0.453 e. The molecule has 1 saturated heterocycles. The smallest absolute Gasteiger partial charge is 0.406 e. The Morgan fingerprint density at radius 3 is 2.60 bits per heavy atom. The van der Waals surface area contributed by atoms with Gasteiger partial charge < -0.3 is 15.0 Å². The first-order valence-corrected chi connectivity index (χ1v) is 9.20. The second-order valence-corrected chi connectivity index (χ2v) is 7.49. The van der Waals surface area contributed by atoms with Crippen molar-refractivity contribution in [2.24, 2.45) is 17.8 Å². The largest absolute Gasteiger partial charge is 0.453 e. The predicted molar refractivity (Wildman–Crippen MR) is 96.7 cm³/mol. The average Bonchev–Trinajstić information content (AvgIpc) is 3.10. The number of carbonyl (C=O) groups excluding carboxylic acids is 2. The fourth-order valence-corrected chi connectivity index (χ4v) is 4.15. The van der Waals surface area contributed by atoms with Gasteiger partial charge in [-0.05, 0) is 48.3 Å². The molecule has 1 aliphatic heterocycles. The molecule has 0 radical (unpaired) electrons. The van der Waals surface area contributed by atoms with Crippen LogP contribution < -0.4 is 5.32 Å². The molecule has 25 heavy (non-hydrogen) atoms. The van der Waals surface area contributed by atoms with Gasteiger partial charge in [-0.2, -0.15) is 0 Å². The predicted octanol–water partition coefficient (Wildman–Crippen LogP) is 3.20. The van der Waals surface area contributed by atoms with Crippen LogP contribution in [0.2, 0.25) is 5.02 Å². The molecule has 3 atom stereocenters. The summed E-state index contributed by atoms with van der Waals surface area (Å²) < 4.78 is 4.57. The van der Waals surface area contributed by atoms with Crippen LogP contribution in [0.1, 0.15) is 30.4 Å². The third-order valence-electron chi connectivity index (χ3n) is 5.61. The van der Waals surface area contributed by atoms with Crippen LogP contribution in [0.5, 0.6) is 0 Å². The summed E-state index contributed by atoms with van der Waals surface area (Å²) in [6, 6.07) is 6.30. The highest BCUT2D eigenvalue weighted by atomic mass is 35.5. The number of carbonyl (C=O) groups is 2. The third kappa shape index (κ3) is 3.61. The molecule has 1 aliphatic carbocycles. The first kappa shape index (κ1) is 18.1. The Hall–Kier alpha value is -1.75. The van der Waals surface area contributed by atoms with Gasteiger partial charge in [-0.15, -0.1) is 0 Å². The Labute approximate surface area is 153 Å². The van der Waals surface area contributed by atoms with E-state index in [1.807, 2.05) is 18.7 Å². The molecule has 136 valence electrons. The maximum absolute atomic E-state index is 12.7. The van der Waals surface area contributed by atoms with Gasteiger partial charge in [0.05, 0.1) is 13.0 Å². The number of halogens is 1. The van der Waals surface area contributed by atoms with E-state index in [1.165, 1.54) is 12.7 Å². The SMILES string of the molecule is CCC(CNC(=O)OC)C(=O)N1CC2C(C1)C2c1ccc(C)c(Cl)c1. The number of fused-ring (bicyclic) bond motifs is 1. The number of rotatable bonds is 5. The number of likely N-dealkylation sites (tertiary alicyclic amines) is 1. The molecule has 2 fully saturated rings. The van der Waals surface area contributed by atoms with E-state index >= 15 is 0 Å². The van der Waals surface area contributed by atoms with Gasteiger partial charge in [0.2, 0.25) is 5.91 Å². The molecule has 5 nitrogen and oxygen atoms in total. The summed E-state index contributed by atoms with van der Waals surface area (Å²) in [7, 11) is 1.32. The molecule has 2 aliphatic rings. The van der Waals surface area contributed by atoms with Crippen molar-refractivity contribution in [3.63, 3.8) is 0 Å². The van der Waals surface area contributed by atoms with Crippen molar-refractivity contribution < 1.29 is 14.3 Å². The molecule has 1 aromatic rings. The van der Waals surface area contributed by atoms with Crippen LogP contribution in [0.25, 0.3) is 0 Å². The quantitative estimate of drug-likeness (QED) is 0.872. The summed E-state index contributed by atoms with van der Waals surface area (Å²) in [5.74, 6) is 1.54. The number of benzene rings is 1. The Morgan fingerprint density at radius 2 is 2.04 bits per heavy atom. The number of alkyl carbamates (subject to hydrolysis) is 1. The molecule has 6 heteroatoms. The maximum atomic E-state index is 12.7. The van der Waals surface area contributed by atoms with Gasteiger partial charge in [0.15, 0.2) is 0 Å². The number of hydrogen-bond donors (Lipinski definition) is 1. The normalized spacial score (nSPS) is 25.3. The van der Waals surface area contributed by atoms with Crippen molar-refractivity contribution in [3.05, 3.63) is 34.3 Å². The lowest BCUT2D eigenvalue weighted by atomic mass is 10.0. The third-order valence-corrected chi connectivity index (χ3v) is 6.01. The highest BCUT2D eigenvalue weighted by molar-refractivity contribution is 6.31. The fraction of sp³-hybridized carbons (Fsp3) is 0.579. The molecule has 1 N–H and O–H groups in total. The summed E-state index contributed by atoms with van der Waals surface area (Å²) in [4.78, 5) is 25.9. The van der Waals surface area contributed by atoms with Gasteiger partial charge in [0.25, 0.3) is 0 Å². The number of nitrogens with one attached hydrogen (secondary N) is 1. The first-order valence-electron chi connectivity index (χ1n) is 8.82. The summed E-state index contributed by atoms with van der Waals surface area (Å²) in [6.45, 7) is 5.90. The van der Waals surface area contributed by atoms with Gasteiger partial charge in [-0.3, -0.25) is 4.79 Å². The topological polar surface area (TPSA) is 58.6 Å². The first-order chi connectivity index (χ1) is 12.0. The van der Waals surface area contributed by atoms with Gasteiger partial charge in [-0.25, -0.2) is 4.79 Å². The van der Waals surface area contributed by atoms with Gasteiger partial charge in [-0.1, -0.05) is 30.7 Å². The zero-order valence-electron chi connectivity index (χ0n) is 14.9. The number of hydrogen-bond acceptors (Lipinski definition) is 3. The van der Waals surface area contributed by atoms with E-state index in [0.717, 1.165) is 23.7 Å². The van der Waals surface area contributed by atoms with Gasteiger partial charge in [0, 0.05) is 24.7 Å². The fourth-order valence-electron chi connectivity index (χ4n) is 3.96. The molecule has 1 aromatic carbocycles. The van der Waals surface area contributed by atoms with Gasteiger partial charge in [0.1, 0.15) is 0 Å². The minimum absolute atomic E-state index is 0.131. The van der Waals surface area contributed by atoms with E-state index in [9.17, 15) is 9.59 Å². The molecule has 3 rings (SSSR count). The van der Waals surface area contributed by atoms with Crippen molar-refractivity contribution >= 4 is 23.6 Å². The summed E-state index contributed by atoms with van der Waals surface area (Å²) >= 11 is 6.24. The van der Waals surface area contributed by atoms with Crippen molar-refractivity contribution in [1.29, 1.82) is 0 Å². The van der Waals surface area contributed by atoms with E-state index in [2.05, 4.69) is 28.3 Å². The van der Waals surface area contributed by atoms with Crippen molar-refractivity contribution in [1.82, 2.24) is 10.2 Å². The molecule has 3 unspecified atom stereocenters. The molecule has 0 bridgehead atoms. The Balaban J connectivity index is 1.55. The van der Waals surface area contributed by atoms with Crippen molar-refractivity contribution in [2.75, 3.05) is 26.7 Å². The molecule has 0 aromatic heterocycles. The second-order valence-electron chi connectivity index (χ2n) is 7.08. The summed E-state index contributed by atoms with van der Waals surface area (Å²) in [5, 5.41) is 3.45. The van der Waals surface area contributed by atoms with Crippen LogP contribution in [-0.2, 0) is 9.53 Å². The zero-order valence-corrected chi connectivity index (χ0v) is 15.7. The number of piperidine rings is 1. The van der Waals surface area contributed by atoms with E-state index in [4.69, 9.17) is 11.6 Å². The Bertz CT molecular complexity index is 667. The average molecular weight is 365 g/mol.